The number of carbonyl (C=O) groups excluding carboxylic acids is 3. The van der Waals surface area contributed by atoms with Crippen LogP contribution in [0.4, 0.5) is 11.4 Å². The summed E-state index contributed by atoms with van der Waals surface area (Å²) >= 11 is 0. The average molecular weight is 452 g/mol. The first-order valence-corrected chi connectivity index (χ1v) is 11.1. The number of aldehydes is 1. The SMILES string of the molecule is Cc1ccc([N+](=O)[O-])cc1N1C(=O)[C@@H]2[C@H](C1=O)C1(C)c3ccccc3C2(C=O)c2ccccc21. The lowest BCUT2D eigenvalue weighted by Crippen LogP contribution is -2.61. The van der Waals surface area contributed by atoms with E-state index in [2.05, 4.69) is 0 Å². The summed E-state index contributed by atoms with van der Waals surface area (Å²) in [7, 11) is 0. The fourth-order valence-electron chi connectivity index (χ4n) is 6.65. The topological polar surface area (TPSA) is 97.6 Å². The second-order valence-electron chi connectivity index (χ2n) is 9.48. The third-order valence-electron chi connectivity index (χ3n) is 8.11. The van der Waals surface area contributed by atoms with Crippen molar-refractivity contribution >= 4 is 29.5 Å². The number of nitrogens with zero attached hydrogens (tertiary/aromatic N) is 2. The predicted octanol–water partition coefficient (Wildman–Crippen LogP) is 3.83. The first-order valence-electron chi connectivity index (χ1n) is 11.1. The van der Waals surface area contributed by atoms with E-state index in [4.69, 9.17) is 0 Å². The molecule has 2 bridgehead atoms. The van der Waals surface area contributed by atoms with Crippen molar-refractivity contribution in [3.63, 3.8) is 0 Å². The third-order valence-corrected chi connectivity index (χ3v) is 8.11. The molecule has 1 fully saturated rings. The first kappa shape index (κ1) is 20.5. The number of nitro benzene ring substituents is 1. The predicted molar refractivity (Wildman–Crippen MR) is 123 cm³/mol. The fourth-order valence-corrected chi connectivity index (χ4v) is 6.65. The highest BCUT2D eigenvalue weighted by Gasteiger charge is 2.72. The first-order chi connectivity index (χ1) is 16.3. The summed E-state index contributed by atoms with van der Waals surface area (Å²) in [6.07, 6.45) is 0.816. The summed E-state index contributed by atoms with van der Waals surface area (Å²) in [5.41, 5.74) is 1.61. The summed E-state index contributed by atoms with van der Waals surface area (Å²) in [5.74, 6) is -2.68. The minimum Gasteiger partial charge on any atom is -0.302 e. The van der Waals surface area contributed by atoms with Crippen LogP contribution in [0.15, 0.2) is 66.7 Å². The summed E-state index contributed by atoms with van der Waals surface area (Å²) in [5, 5.41) is 11.4. The summed E-state index contributed by atoms with van der Waals surface area (Å²) in [6, 6.07) is 19.2. The van der Waals surface area contributed by atoms with Gasteiger partial charge in [0, 0.05) is 17.5 Å². The number of anilines is 1. The number of nitro groups is 1. The lowest BCUT2D eigenvalue weighted by molar-refractivity contribution is -0.384. The standard InChI is InChI=1S/C27H20N2O5/c1-15-11-12-16(29(33)34)13-21(15)28-24(31)22-23(25(28)32)27(14-30)19-9-5-3-7-17(19)26(22,2)18-8-4-6-10-20(18)27/h3-14,22-23H,1-2H3/t22-,23+,26?,27?/m1/s1. The van der Waals surface area contributed by atoms with E-state index in [1.807, 2.05) is 55.5 Å². The van der Waals surface area contributed by atoms with E-state index < -0.39 is 39.4 Å². The molecule has 0 saturated carbocycles. The van der Waals surface area contributed by atoms with E-state index in [1.165, 1.54) is 18.2 Å². The Labute approximate surface area is 195 Å². The van der Waals surface area contributed by atoms with Crippen LogP contribution in [-0.2, 0) is 25.2 Å². The van der Waals surface area contributed by atoms with Gasteiger partial charge in [0.25, 0.3) is 5.69 Å². The van der Waals surface area contributed by atoms with Crippen LogP contribution in [-0.4, -0.2) is 23.0 Å². The van der Waals surface area contributed by atoms with E-state index in [0.29, 0.717) is 5.56 Å². The zero-order valence-corrected chi connectivity index (χ0v) is 18.5. The number of benzene rings is 3. The highest BCUT2D eigenvalue weighted by Crippen LogP contribution is 2.66. The maximum Gasteiger partial charge on any atom is 0.271 e. The van der Waals surface area contributed by atoms with Gasteiger partial charge in [-0.15, -0.1) is 0 Å². The molecule has 7 nitrogen and oxygen atoms in total. The number of carbonyl (C=O) groups is 3. The highest BCUT2D eigenvalue weighted by atomic mass is 16.6. The van der Waals surface area contributed by atoms with Crippen LogP contribution >= 0.6 is 0 Å². The number of hydrogen-bond acceptors (Lipinski definition) is 5. The molecule has 1 aliphatic heterocycles. The normalized spacial score (nSPS) is 28.4. The second-order valence-corrected chi connectivity index (χ2v) is 9.48. The Kier molecular flexibility index (Phi) is 3.90. The Morgan fingerprint density at radius 1 is 0.882 bits per heavy atom. The molecule has 1 heterocycles. The van der Waals surface area contributed by atoms with E-state index in [1.54, 1.807) is 6.92 Å². The molecular weight excluding hydrogens is 432 g/mol. The molecule has 0 spiro atoms. The van der Waals surface area contributed by atoms with Crippen LogP contribution in [0, 0.1) is 28.9 Å². The molecule has 1 saturated heterocycles. The van der Waals surface area contributed by atoms with Crippen LogP contribution in [0.2, 0.25) is 0 Å². The molecule has 7 heteroatoms. The van der Waals surface area contributed by atoms with E-state index >= 15 is 0 Å². The van der Waals surface area contributed by atoms with Gasteiger partial charge in [-0.2, -0.15) is 0 Å². The maximum absolute atomic E-state index is 14.1. The molecule has 2 amide bonds. The van der Waals surface area contributed by atoms with Crippen molar-refractivity contribution in [3.05, 3.63) is 105 Å². The van der Waals surface area contributed by atoms with Gasteiger partial charge in [-0.1, -0.05) is 61.5 Å². The molecule has 0 radical (unpaired) electrons. The second kappa shape index (κ2) is 6.47. The van der Waals surface area contributed by atoms with Crippen molar-refractivity contribution in [1.82, 2.24) is 0 Å². The zero-order valence-electron chi connectivity index (χ0n) is 18.5. The molecule has 3 aromatic carbocycles. The average Bonchev–Trinajstić information content (AvgIpc) is 3.12. The fraction of sp³-hybridized carbons (Fsp3) is 0.222. The third kappa shape index (κ3) is 2.10. The number of aryl methyl sites for hydroxylation is 1. The maximum atomic E-state index is 14.1. The van der Waals surface area contributed by atoms with Gasteiger partial charge < -0.3 is 4.79 Å². The Hall–Kier alpha value is -4.13. The van der Waals surface area contributed by atoms with Crippen molar-refractivity contribution in [1.29, 1.82) is 0 Å². The minimum absolute atomic E-state index is 0.191. The molecule has 0 aromatic heterocycles. The van der Waals surface area contributed by atoms with Crippen LogP contribution in [0.25, 0.3) is 0 Å². The Morgan fingerprint density at radius 2 is 1.41 bits per heavy atom. The van der Waals surface area contributed by atoms with E-state index in [9.17, 15) is 24.5 Å². The van der Waals surface area contributed by atoms with Crippen molar-refractivity contribution < 1.29 is 19.3 Å². The van der Waals surface area contributed by atoms with Gasteiger partial charge in [0.2, 0.25) is 11.8 Å². The van der Waals surface area contributed by atoms with Gasteiger partial charge >= 0.3 is 0 Å². The van der Waals surface area contributed by atoms with Gasteiger partial charge in [0.05, 0.1) is 27.9 Å². The summed E-state index contributed by atoms with van der Waals surface area (Å²) in [6.45, 7) is 3.67. The molecule has 2 atom stereocenters. The van der Waals surface area contributed by atoms with E-state index in [-0.39, 0.29) is 11.4 Å². The Balaban J connectivity index is 1.67. The smallest absolute Gasteiger partial charge is 0.271 e. The van der Waals surface area contributed by atoms with Crippen molar-refractivity contribution in [3.8, 4) is 0 Å². The van der Waals surface area contributed by atoms with Gasteiger partial charge in [-0.25, -0.2) is 4.90 Å². The summed E-state index contributed by atoms with van der Waals surface area (Å²) < 4.78 is 0. The van der Waals surface area contributed by atoms with Crippen molar-refractivity contribution in [2.45, 2.75) is 24.7 Å². The number of hydrogen-bond donors (Lipinski definition) is 0. The largest absolute Gasteiger partial charge is 0.302 e. The van der Waals surface area contributed by atoms with E-state index in [0.717, 1.165) is 33.4 Å². The Bertz CT molecular complexity index is 1410. The monoisotopic (exact) mass is 452 g/mol. The van der Waals surface area contributed by atoms with Crippen molar-refractivity contribution in [2.75, 3.05) is 4.90 Å². The molecule has 4 aliphatic rings. The van der Waals surface area contributed by atoms with Crippen LogP contribution < -0.4 is 4.90 Å². The van der Waals surface area contributed by atoms with Gasteiger partial charge in [-0.05, 0) is 34.7 Å². The molecule has 0 unspecified atom stereocenters. The van der Waals surface area contributed by atoms with Gasteiger partial charge in [-0.3, -0.25) is 19.7 Å². The molecule has 3 aliphatic carbocycles. The Morgan fingerprint density at radius 3 is 1.94 bits per heavy atom. The highest BCUT2D eigenvalue weighted by molar-refractivity contribution is 6.25. The minimum atomic E-state index is -1.31. The lowest BCUT2D eigenvalue weighted by atomic mass is 9.42. The number of rotatable bonds is 3. The van der Waals surface area contributed by atoms with Crippen LogP contribution in [0.1, 0.15) is 34.7 Å². The van der Waals surface area contributed by atoms with Crippen LogP contribution in [0.5, 0.6) is 0 Å². The molecule has 168 valence electrons. The zero-order chi connectivity index (χ0) is 24.0. The number of non-ortho nitro benzene ring substituents is 1. The molecule has 3 aromatic rings. The summed E-state index contributed by atoms with van der Waals surface area (Å²) in [4.78, 5) is 53.1. The van der Waals surface area contributed by atoms with Crippen molar-refractivity contribution in [2.24, 2.45) is 11.8 Å². The van der Waals surface area contributed by atoms with Crippen LogP contribution in [0.3, 0.4) is 0 Å². The van der Waals surface area contributed by atoms with Gasteiger partial charge in [0.1, 0.15) is 6.29 Å². The number of amides is 2. The van der Waals surface area contributed by atoms with Gasteiger partial charge in [0.15, 0.2) is 0 Å². The number of imide groups is 1. The molecule has 7 rings (SSSR count). The molecule has 34 heavy (non-hydrogen) atoms. The quantitative estimate of drug-likeness (QED) is 0.260. The molecular formula is C27H20N2O5. The lowest BCUT2D eigenvalue weighted by Gasteiger charge is -2.56. The molecule has 0 N–H and O–H groups in total.